The predicted molar refractivity (Wildman–Crippen MR) is 88.8 cm³/mol. The van der Waals surface area contributed by atoms with Crippen molar-refractivity contribution in [1.82, 2.24) is 0 Å². The molecule has 4 heteroatoms. The van der Waals surface area contributed by atoms with Crippen molar-refractivity contribution < 1.29 is 4.79 Å². The van der Waals surface area contributed by atoms with Gasteiger partial charge in [0.1, 0.15) is 0 Å². The van der Waals surface area contributed by atoms with E-state index in [1.54, 1.807) is 0 Å². The molecule has 0 bridgehead atoms. The minimum atomic E-state index is -0.0962. The second-order valence-corrected chi connectivity index (χ2v) is 5.80. The summed E-state index contributed by atoms with van der Waals surface area (Å²) in [5.74, 6) is 5.71. The molecular formula is C17H18N2OS. The van der Waals surface area contributed by atoms with Crippen molar-refractivity contribution in [3.05, 3.63) is 51.2 Å². The van der Waals surface area contributed by atoms with Gasteiger partial charge in [-0.2, -0.15) is 0 Å². The van der Waals surface area contributed by atoms with E-state index in [4.69, 9.17) is 5.73 Å². The molecule has 0 radical (unpaired) electrons. The van der Waals surface area contributed by atoms with Crippen molar-refractivity contribution in [3.8, 4) is 11.8 Å². The van der Waals surface area contributed by atoms with Crippen LogP contribution in [-0.4, -0.2) is 12.5 Å². The molecule has 1 heterocycles. The van der Waals surface area contributed by atoms with Crippen molar-refractivity contribution in [3.63, 3.8) is 0 Å². The van der Waals surface area contributed by atoms with Crippen LogP contribution in [0.3, 0.4) is 0 Å². The smallest absolute Gasteiger partial charge is 0.265 e. The van der Waals surface area contributed by atoms with Gasteiger partial charge in [-0.3, -0.25) is 4.79 Å². The third-order valence-corrected chi connectivity index (χ3v) is 4.21. The largest absolute Gasteiger partial charge is 0.320 e. The quantitative estimate of drug-likeness (QED) is 0.855. The number of carbonyl (C=O) groups is 1. The highest BCUT2D eigenvalue weighted by Gasteiger charge is 2.11. The van der Waals surface area contributed by atoms with E-state index in [0.29, 0.717) is 11.4 Å². The molecule has 0 unspecified atom stereocenters. The molecule has 0 aliphatic heterocycles. The van der Waals surface area contributed by atoms with Crippen LogP contribution in [0, 0.1) is 18.8 Å². The van der Waals surface area contributed by atoms with Crippen molar-refractivity contribution in [2.24, 2.45) is 5.73 Å². The fraction of sp³-hybridized carbons (Fsp3) is 0.235. The summed E-state index contributed by atoms with van der Waals surface area (Å²) < 4.78 is 0. The van der Waals surface area contributed by atoms with Gasteiger partial charge in [-0.25, -0.2) is 0 Å². The third-order valence-electron chi connectivity index (χ3n) is 2.98. The van der Waals surface area contributed by atoms with Crippen LogP contribution < -0.4 is 11.1 Å². The first-order valence-electron chi connectivity index (χ1n) is 6.83. The number of thiophene rings is 1. The first-order valence-corrected chi connectivity index (χ1v) is 7.65. The number of hydrogen-bond donors (Lipinski definition) is 2. The van der Waals surface area contributed by atoms with Crippen LogP contribution >= 0.6 is 11.3 Å². The predicted octanol–water partition coefficient (Wildman–Crippen LogP) is 3.18. The molecule has 3 N–H and O–H groups in total. The van der Waals surface area contributed by atoms with Crippen LogP contribution in [0.25, 0.3) is 0 Å². The zero-order valence-electron chi connectivity index (χ0n) is 12.2. The number of anilines is 1. The molecule has 0 aliphatic carbocycles. The molecule has 2 rings (SSSR count). The Balaban J connectivity index is 2.25. The number of carbonyl (C=O) groups excluding carboxylic acids is 1. The fourth-order valence-corrected chi connectivity index (χ4v) is 2.73. The summed E-state index contributed by atoms with van der Waals surface area (Å²) in [6.07, 6.45) is 0.940. The SMILES string of the molecule is CCc1ccc(C(=O)Nc2cc(C)ccc2C#CCN)s1. The van der Waals surface area contributed by atoms with Crippen LogP contribution in [-0.2, 0) is 6.42 Å². The van der Waals surface area contributed by atoms with E-state index in [1.165, 1.54) is 16.2 Å². The maximum Gasteiger partial charge on any atom is 0.265 e. The average Bonchev–Trinajstić information content (AvgIpc) is 2.95. The zero-order chi connectivity index (χ0) is 15.2. The molecule has 0 fully saturated rings. The number of aryl methyl sites for hydroxylation is 2. The highest BCUT2D eigenvalue weighted by molar-refractivity contribution is 7.14. The average molecular weight is 298 g/mol. The Labute approximate surface area is 129 Å². The number of rotatable bonds is 3. The van der Waals surface area contributed by atoms with E-state index < -0.39 is 0 Å². The fourth-order valence-electron chi connectivity index (χ4n) is 1.89. The lowest BCUT2D eigenvalue weighted by Gasteiger charge is -2.07. The lowest BCUT2D eigenvalue weighted by molar-refractivity contribution is 0.103. The number of nitrogens with two attached hydrogens (primary N) is 1. The van der Waals surface area contributed by atoms with Gasteiger partial charge in [0.25, 0.3) is 5.91 Å². The number of amides is 1. The van der Waals surface area contributed by atoms with Gasteiger partial charge in [0.05, 0.1) is 17.1 Å². The van der Waals surface area contributed by atoms with E-state index in [-0.39, 0.29) is 5.91 Å². The third kappa shape index (κ3) is 3.94. The van der Waals surface area contributed by atoms with E-state index in [0.717, 1.165) is 23.2 Å². The topological polar surface area (TPSA) is 55.1 Å². The summed E-state index contributed by atoms with van der Waals surface area (Å²) >= 11 is 1.52. The summed E-state index contributed by atoms with van der Waals surface area (Å²) in [6, 6.07) is 9.65. The lowest BCUT2D eigenvalue weighted by Crippen LogP contribution is -2.11. The normalized spacial score (nSPS) is 9.86. The van der Waals surface area contributed by atoms with E-state index in [9.17, 15) is 4.79 Å². The molecule has 0 saturated carbocycles. The number of benzene rings is 1. The Hall–Kier alpha value is -2.09. The van der Waals surface area contributed by atoms with Gasteiger partial charge in [0.15, 0.2) is 0 Å². The first-order chi connectivity index (χ1) is 10.1. The minimum Gasteiger partial charge on any atom is -0.320 e. The van der Waals surface area contributed by atoms with Crippen LogP contribution in [0.2, 0.25) is 0 Å². The summed E-state index contributed by atoms with van der Waals surface area (Å²) in [4.78, 5) is 14.2. The second kappa shape index (κ2) is 7.07. The minimum absolute atomic E-state index is 0.0962. The van der Waals surface area contributed by atoms with Crippen molar-refractivity contribution in [2.75, 3.05) is 11.9 Å². The molecule has 1 aromatic heterocycles. The van der Waals surface area contributed by atoms with Crippen LogP contribution in [0.15, 0.2) is 30.3 Å². The van der Waals surface area contributed by atoms with Gasteiger partial charge >= 0.3 is 0 Å². The Kier molecular flexibility index (Phi) is 5.15. The maximum absolute atomic E-state index is 12.3. The maximum atomic E-state index is 12.3. The molecule has 2 aromatic rings. The summed E-state index contributed by atoms with van der Waals surface area (Å²) in [6.45, 7) is 4.36. The first kappa shape index (κ1) is 15.3. The number of nitrogens with one attached hydrogen (secondary N) is 1. The molecule has 0 saturated heterocycles. The molecule has 1 amide bonds. The van der Waals surface area contributed by atoms with Crippen LogP contribution in [0.1, 0.15) is 32.6 Å². The van der Waals surface area contributed by atoms with Gasteiger partial charge in [0.2, 0.25) is 0 Å². The number of hydrogen-bond acceptors (Lipinski definition) is 3. The van der Waals surface area contributed by atoms with Gasteiger partial charge in [0, 0.05) is 10.4 Å². The summed E-state index contributed by atoms with van der Waals surface area (Å²) in [5, 5.41) is 2.94. The van der Waals surface area contributed by atoms with Crippen LogP contribution in [0.5, 0.6) is 0 Å². The Bertz CT molecular complexity index is 707. The zero-order valence-corrected chi connectivity index (χ0v) is 13.0. The molecule has 0 aliphatic rings. The standard InChI is InChI=1S/C17H18N2OS/c1-3-14-8-9-16(21-14)17(20)19-15-11-12(2)6-7-13(15)5-4-10-18/h6-9,11H,3,10,18H2,1-2H3,(H,19,20). The summed E-state index contributed by atoms with van der Waals surface area (Å²) in [5.41, 5.74) is 7.99. The van der Waals surface area contributed by atoms with Gasteiger partial charge in [-0.05, 0) is 43.2 Å². The van der Waals surface area contributed by atoms with Gasteiger partial charge < -0.3 is 11.1 Å². The van der Waals surface area contributed by atoms with E-state index in [2.05, 4.69) is 24.1 Å². The van der Waals surface area contributed by atoms with E-state index >= 15 is 0 Å². The van der Waals surface area contributed by atoms with Crippen molar-refractivity contribution in [2.45, 2.75) is 20.3 Å². The monoisotopic (exact) mass is 298 g/mol. The Morgan fingerprint density at radius 3 is 2.81 bits per heavy atom. The highest BCUT2D eigenvalue weighted by Crippen LogP contribution is 2.21. The lowest BCUT2D eigenvalue weighted by atomic mass is 10.1. The molecular weight excluding hydrogens is 280 g/mol. The van der Waals surface area contributed by atoms with Gasteiger partial charge in [-0.15, -0.1) is 11.3 Å². The van der Waals surface area contributed by atoms with Crippen molar-refractivity contribution >= 4 is 22.9 Å². The molecule has 3 nitrogen and oxygen atoms in total. The molecule has 1 aromatic carbocycles. The molecule has 108 valence electrons. The van der Waals surface area contributed by atoms with Crippen molar-refractivity contribution in [1.29, 1.82) is 0 Å². The Morgan fingerprint density at radius 2 is 2.14 bits per heavy atom. The molecule has 21 heavy (non-hydrogen) atoms. The molecule has 0 atom stereocenters. The Morgan fingerprint density at radius 1 is 1.33 bits per heavy atom. The highest BCUT2D eigenvalue weighted by atomic mass is 32.1. The molecule has 0 spiro atoms. The van der Waals surface area contributed by atoms with Gasteiger partial charge in [-0.1, -0.05) is 24.8 Å². The second-order valence-electron chi connectivity index (χ2n) is 4.63. The van der Waals surface area contributed by atoms with Crippen LogP contribution in [0.4, 0.5) is 5.69 Å². The summed E-state index contributed by atoms with van der Waals surface area (Å²) in [7, 11) is 0. The van der Waals surface area contributed by atoms with E-state index in [1.807, 2.05) is 37.3 Å².